The van der Waals surface area contributed by atoms with E-state index in [9.17, 15) is 19.1 Å². The van der Waals surface area contributed by atoms with E-state index in [1.807, 2.05) is 50.2 Å². The second-order valence-electron chi connectivity index (χ2n) is 9.35. The van der Waals surface area contributed by atoms with Crippen molar-refractivity contribution in [1.82, 2.24) is 9.88 Å². The molecule has 2 N–H and O–H groups in total. The van der Waals surface area contributed by atoms with Gasteiger partial charge in [-0.3, -0.25) is 9.59 Å². The van der Waals surface area contributed by atoms with Crippen molar-refractivity contribution in [3.05, 3.63) is 107 Å². The normalized spacial score (nSPS) is 17.2. The molecule has 37 heavy (non-hydrogen) atoms. The van der Waals surface area contributed by atoms with Crippen LogP contribution in [0.2, 0.25) is 0 Å². The molecule has 1 unspecified atom stereocenters. The van der Waals surface area contributed by atoms with Crippen LogP contribution in [0, 0.1) is 5.82 Å². The van der Waals surface area contributed by atoms with E-state index in [-0.39, 0.29) is 29.8 Å². The lowest BCUT2D eigenvalue weighted by Crippen LogP contribution is -2.31. The minimum absolute atomic E-state index is 0.00549. The third-order valence-corrected chi connectivity index (χ3v) is 6.51. The van der Waals surface area contributed by atoms with Crippen LogP contribution in [0.1, 0.15) is 36.6 Å². The number of H-pyrrole nitrogens is 1. The highest BCUT2D eigenvalue weighted by Gasteiger charge is 2.46. The van der Waals surface area contributed by atoms with E-state index >= 15 is 0 Å². The molecule has 2 heterocycles. The third kappa shape index (κ3) is 4.72. The van der Waals surface area contributed by atoms with Crippen molar-refractivity contribution in [2.24, 2.45) is 0 Å². The first-order valence-electron chi connectivity index (χ1n) is 12.2. The molecule has 188 valence electrons. The number of nitrogens with zero attached hydrogens (tertiary/aromatic N) is 1. The van der Waals surface area contributed by atoms with Crippen LogP contribution in [-0.2, 0) is 16.0 Å². The summed E-state index contributed by atoms with van der Waals surface area (Å²) in [6, 6.07) is 19.9. The highest BCUT2D eigenvalue weighted by Crippen LogP contribution is 2.41. The molecule has 3 aromatic carbocycles. The highest BCUT2D eigenvalue weighted by atomic mass is 19.1. The van der Waals surface area contributed by atoms with Crippen molar-refractivity contribution in [2.75, 3.05) is 6.54 Å². The van der Waals surface area contributed by atoms with Crippen molar-refractivity contribution >= 4 is 28.4 Å². The molecule has 4 aromatic rings. The van der Waals surface area contributed by atoms with Gasteiger partial charge in [0.05, 0.1) is 17.7 Å². The first-order valence-corrected chi connectivity index (χ1v) is 12.2. The van der Waals surface area contributed by atoms with Crippen molar-refractivity contribution in [3.8, 4) is 5.75 Å². The summed E-state index contributed by atoms with van der Waals surface area (Å²) in [6.07, 6.45) is 2.06. The average Bonchev–Trinajstić information content (AvgIpc) is 3.43. The summed E-state index contributed by atoms with van der Waals surface area (Å²) in [5, 5.41) is 12.2. The number of rotatable bonds is 7. The van der Waals surface area contributed by atoms with Gasteiger partial charge in [0.1, 0.15) is 17.3 Å². The van der Waals surface area contributed by atoms with Crippen LogP contribution in [0.3, 0.4) is 0 Å². The van der Waals surface area contributed by atoms with Gasteiger partial charge in [0.2, 0.25) is 0 Å². The minimum Gasteiger partial charge on any atom is -0.507 e. The molecule has 1 saturated heterocycles. The first kappa shape index (κ1) is 24.3. The van der Waals surface area contributed by atoms with E-state index in [2.05, 4.69) is 4.98 Å². The Morgan fingerprint density at radius 1 is 1.03 bits per heavy atom. The smallest absolute Gasteiger partial charge is 0.295 e. The quantitative estimate of drug-likeness (QED) is 0.193. The van der Waals surface area contributed by atoms with E-state index in [4.69, 9.17) is 4.74 Å². The maximum absolute atomic E-state index is 13.4. The maximum Gasteiger partial charge on any atom is 0.295 e. The first-order chi connectivity index (χ1) is 17.8. The van der Waals surface area contributed by atoms with Crippen LogP contribution in [0.5, 0.6) is 5.75 Å². The summed E-state index contributed by atoms with van der Waals surface area (Å²) >= 11 is 0. The Bertz CT molecular complexity index is 1490. The molecule has 5 rings (SSSR count). The van der Waals surface area contributed by atoms with Crippen LogP contribution in [0.25, 0.3) is 16.7 Å². The van der Waals surface area contributed by atoms with Crippen LogP contribution < -0.4 is 4.74 Å². The Labute approximate surface area is 214 Å². The van der Waals surface area contributed by atoms with Crippen molar-refractivity contribution in [1.29, 1.82) is 0 Å². The second kappa shape index (κ2) is 9.93. The molecular weight excluding hydrogens is 471 g/mol. The molecule has 1 fully saturated rings. The van der Waals surface area contributed by atoms with E-state index < -0.39 is 17.7 Å². The van der Waals surface area contributed by atoms with E-state index in [0.717, 1.165) is 16.5 Å². The Hall–Kier alpha value is -4.39. The van der Waals surface area contributed by atoms with Gasteiger partial charge in [0, 0.05) is 29.2 Å². The minimum atomic E-state index is -0.790. The molecule has 1 aliphatic heterocycles. The fourth-order valence-electron chi connectivity index (χ4n) is 4.77. The number of aromatic amines is 1. The molecule has 1 atom stereocenters. The predicted octanol–water partition coefficient (Wildman–Crippen LogP) is 5.76. The Kier molecular flexibility index (Phi) is 6.53. The van der Waals surface area contributed by atoms with E-state index in [1.165, 1.54) is 17.0 Å². The number of carbonyl (C=O) groups is 2. The molecule has 0 spiro atoms. The predicted molar refractivity (Wildman–Crippen MR) is 140 cm³/mol. The molecule has 1 aromatic heterocycles. The lowest BCUT2D eigenvalue weighted by Gasteiger charge is -2.25. The zero-order chi connectivity index (χ0) is 26.1. The lowest BCUT2D eigenvalue weighted by atomic mass is 9.95. The van der Waals surface area contributed by atoms with Crippen molar-refractivity contribution in [2.45, 2.75) is 32.4 Å². The molecule has 0 aliphatic carbocycles. The summed E-state index contributed by atoms with van der Waals surface area (Å²) in [6.45, 7) is 4.08. The van der Waals surface area contributed by atoms with Gasteiger partial charge >= 0.3 is 0 Å². The fourth-order valence-corrected chi connectivity index (χ4v) is 4.77. The van der Waals surface area contributed by atoms with Gasteiger partial charge in [-0.2, -0.15) is 0 Å². The van der Waals surface area contributed by atoms with Gasteiger partial charge in [-0.15, -0.1) is 0 Å². The summed E-state index contributed by atoms with van der Waals surface area (Å²) in [5.41, 5.74) is 2.81. The zero-order valence-electron chi connectivity index (χ0n) is 20.6. The van der Waals surface area contributed by atoms with Crippen LogP contribution in [-0.4, -0.2) is 39.3 Å². The highest BCUT2D eigenvalue weighted by molar-refractivity contribution is 6.46. The zero-order valence-corrected chi connectivity index (χ0v) is 20.6. The SMILES string of the molecule is CC(C)Oc1ccc(C2/C(=C(/O)c3c[nH]c4ccccc34)C(=O)C(=O)N2CCc2ccc(F)cc2)cc1. The number of Topliss-reactive ketones (excluding diaryl/α,β-unsaturated/α-hetero) is 1. The molecular formula is C30H27FN2O4. The number of para-hydroxylation sites is 1. The number of aromatic nitrogens is 1. The Morgan fingerprint density at radius 3 is 2.43 bits per heavy atom. The number of fused-ring (bicyclic) bond motifs is 1. The number of amides is 1. The molecule has 0 radical (unpaired) electrons. The number of likely N-dealkylation sites (tertiary alicyclic amines) is 1. The lowest BCUT2D eigenvalue weighted by molar-refractivity contribution is -0.139. The number of ketones is 1. The number of hydrogen-bond acceptors (Lipinski definition) is 4. The topological polar surface area (TPSA) is 82.6 Å². The fraction of sp³-hybridized carbons (Fsp3) is 0.200. The molecule has 7 heteroatoms. The van der Waals surface area contributed by atoms with Gasteiger partial charge in [0.15, 0.2) is 0 Å². The van der Waals surface area contributed by atoms with Crippen molar-refractivity contribution in [3.63, 3.8) is 0 Å². The molecule has 1 aliphatic rings. The molecule has 1 amide bonds. The summed E-state index contributed by atoms with van der Waals surface area (Å²) < 4.78 is 19.1. The van der Waals surface area contributed by atoms with E-state index in [1.54, 1.807) is 30.5 Å². The van der Waals surface area contributed by atoms with Gasteiger partial charge in [-0.05, 0) is 61.7 Å². The number of ether oxygens (including phenoxy) is 1. The number of carbonyl (C=O) groups excluding carboxylic acids is 2. The number of benzene rings is 3. The number of nitrogens with one attached hydrogen (secondary N) is 1. The summed E-state index contributed by atoms with van der Waals surface area (Å²) in [7, 11) is 0. The Morgan fingerprint density at radius 2 is 1.73 bits per heavy atom. The van der Waals surface area contributed by atoms with Crippen LogP contribution in [0.4, 0.5) is 4.39 Å². The van der Waals surface area contributed by atoms with E-state index in [0.29, 0.717) is 23.3 Å². The Balaban J connectivity index is 1.58. The number of hydrogen-bond donors (Lipinski definition) is 2. The van der Waals surface area contributed by atoms with Crippen LogP contribution in [0.15, 0.2) is 84.6 Å². The largest absolute Gasteiger partial charge is 0.507 e. The maximum atomic E-state index is 13.4. The summed E-state index contributed by atoms with van der Waals surface area (Å²) in [4.78, 5) is 31.2. The number of halogens is 1. The van der Waals surface area contributed by atoms with Crippen LogP contribution >= 0.6 is 0 Å². The third-order valence-electron chi connectivity index (χ3n) is 6.51. The average molecular weight is 499 g/mol. The van der Waals surface area contributed by atoms with Gasteiger partial charge in [-0.25, -0.2) is 4.39 Å². The summed E-state index contributed by atoms with van der Waals surface area (Å²) in [5.74, 6) is -1.33. The number of aliphatic hydroxyl groups excluding tert-OH is 1. The van der Waals surface area contributed by atoms with Gasteiger partial charge < -0.3 is 19.7 Å². The standard InChI is InChI=1S/C30H27FN2O4/c1-18(2)37-22-13-9-20(10-14-22)27-26(28(34)24-17-32-25-6-4-3-5-23(24)25)29(35)30(36)33(27)16-15-19-7-11-21(31)12-8-19/h3-14,17-18,27,32,34H,15-16H2,1-2H3/b28-26-. The monoisotopic (exact) mass is 498 g/mol. The second-order valence-corrected chi connectivity index (χ2v) is 9.35. The van der Waals surface area contributed by atoms with Gasteiger partial charge in [-0.1, -0.05) is 42.5 Å². The number of aliphatic hydroxyl groups is 1. The molecule has 0 bridgehead atoms. The molecule has 0 saturated carbocycles. The molecule has 6 nitrogen and oxygen atoms in total. The van der Waals surface area contributed by atoms with Gasteiger partial charge in [0.25, 0.3) is 11.7 Å². The van der Waals surface area contributed by atoms with Crippen molar-refractivity contribution < 1.29 is 23.8 Å².